The summed E-state index contributed by atoms with van der Waals surface area (Å²) in [5.74, 6) is 0.116. The minimum atomic E-state index is 0.116. The van der Waals surface area contributed by atoms with Gasteiger partial charge < -0.3 is 15.5 Å². The van der Waals surface area contributed by atoms with Crippen LogP contribution in [0.1, 0.15) is 5.69 Å². The van der Waals surface area contributed by atoms with Crippen LogP contribution >= 0.6 is 0 Å². The first-order chi connectivity index (χ1) is 7.81. The van der Waals surface area contributed by atoms with E-state index >= 15 is 0 Å². The molecule has 6 nitrogen and oxygen atoms in total. The third kappa shape index (κ3) is 2.05. The van der Waals surface area contributed by atoms with E-state index in [1.54, 1.807) is 12.3 Å². The lowest BCUT2D eigenvalue weighted by Gasteiger charge is -2.07. The number of oxime groups is 1. The molecule has 0 aromatic carbocycles. The Morgan fingerprint density at radius 1 is 1.38 bits per heavy atom. The van der Waals surface area contributed by atoms with E-state index in [-0.39, 0.29) is 5.84 Å². The van der Waals surface area contributed by atoms with E-state index in [4.69, 9.17) is 10.9 Å². The summed E-state index contributed by atoms with van der Waals surface area (Å²) < 4.78 is 3.74. The Balaban J connectivity index is 2.07. The van der Waals surface area contributed by atoms with Crippen LogP contribution in [0, 0.1) is 0 Å². The molecule has 0 bridgehead atoms. The van der Waals surface area contributed by atoms with Crippen molar-refractivity contribution in [1.82, 2.24) is 14.3 Å². The van der Waals surface area contributed by atoms with E-state index in [0.29, 0.717) is 5.69 Å². The van der Waals surface area contributed by atoms with Crippen LogP contribution in [0.25, 0.3) is 0 Å². The van der Waals surface area contributed by atoms with Gasteiger partial charge in [0.05, 0.1) is 12.2 Å². The minimum Gasteiger partial charge on any atom is -0.409 e. The van der Waals surface area contributed by atoms with E-state index in [0.717, 1.165) is 13.1 Å². The summed E-state index contributed by atoms with van der Waals surface area (Å²) in [5, 5.41) is 15.7. The van der Waals surface area contributed by atoms with Gasteiger partial charge in [0.15, 0.2) is 5.84 Å². The molecule has 0 radical (unpaired) electrons. The quantitative estimate of drug-likeness (QED) is 0.339. The monoisotopic (exact) mass is 219 g/mol. The summed E-state index contributed by atoms with van der Waals surface area (Å²) in [7, 11) is 0. The largest absolute Gasteiger partial charge is 0.409 e. The van der Waals surface area contributed by atoms with Crippen molar-refractivity contribution in [3.05, 3.63) is 42.5 Å². The molecule has 0 amide bonds. The Morgan fingerprint density at radius 3 is 2.94 bits per heavy atom. The second-order valence-electron chi connectivity index (χ2n) is 3.34. The number of nitrogens with zero attached hydrogens (tertiary/aromatic N) is 4. The molecule has 0 saturated heterocycles. The summed E-state index contributed by atoms with van der Waals surface area (Å²) in [6.45, 7) is 1.47. The van der Waals surface area contributed by atoms with Crippen molar-refractivity contribution in [2.24, 2.45) is 10.9 Å². The molecular weight excluding hydrogens is 206 g/mol. The van der Waals surface area contributed by atoms with Crippen molar-refractivity contribution in [3.8, 4) is 0 Å². The molecule has 0 saturated carbocycles. The summed E-state index contributed by atoms with van der Waals surface area (Å²) in [5.41, 5.74) is 6.25. The molecule has 16 heavy (non-hydrogen) atoms. The van der Waals surface area contributed by atoms with Crippen molar-refractivity contribution in [2.45, 2.75) is 13.1 Å². The Labute approximate surface area is 92.6 Å². The average molecular weight is 219 g/mol. The maximum absolute atomic E-state index is 8.62. The average Bonchev–Trinajstić information content (AvgIpc) is 2.96. The van der Waals surface area contributed by atoms with E-state index in [1.807, 2.05) is 33.8 Å². The Kier molecular flexibility index (Phi) is 2.90. The van der Waals surface area contributed by atoms with Crippen molar-refractivity contribution < 1.29 is 5.21 Å². The van der Waals surface area contributed by atoms with Crippen LogP contribution in [-0.2, 0) is 13.1 Å². The number of aromatic nitrogens is 3. The molecule has 0 fully saturated rings. The zero-order chi connectivity index (χ0) is 11.4. The number of nitrogens with two attached hydrogens (primary N) is 1. The predicted octanol–water partition coefficient (Wildman–Crippen LogP) is 0.479. The fourth-order valence-electron chi connectivity index (χ4n) is 1.54. The van der Waals surface area contributed by atoms with Gasteiger partial charge in [-0.15, -0.1) is 0 Å². The second-order valence-corrected chi connectivity index (χ2v) is 3.34. The number of hydrogen-bond acceptors (Lipinski definition) is 3. The smallest absolute Gasteiger partial charge is 0.186 e. The summed E-state index contributed by atoms with van der Waals surface area (Å²) >= 11 is 0. The highest BCUT2D eigenvalue weighted by atomic mass is 16.4. The maximum Gasteiger partial charge on any atom is 0.186 e. The summed E-state index contributed by atoms with van der Waals surface area (Å²) in [6.07, 6.45) is 5.52. The van der Waals surface area contributed by atoms with Crippen LogP contribution in [0.3, 0.4) is 0 Å². The molecule has 3 N–H and O–H groups in total. The Morgan fingerprint density at radius 2 is 2.25 bits per heavy atom. The molecule has 84 valence electrons. The summed E-state index contributed by atoms with van der Waals surface area (Å²) in [6, 6.07) is 5.54. The molecule has 2 rings (SSSR count). The van der Waals surface area contributed by atoms with Gasteiger partial charge in [-0.2, -0.15) is 5.10 Å². The number of hydrogen-bond donors (Lipinski definition) is 2. The summed E-state index contributed by atoms with van der Waals surface area (Å²) in [4.78, 5) is 0. The number of rotatable bonds is 4. The fourth-order valence-corrected chi connectivity index (χ4v) is 1.54. The van der Waals surface area contributed by atoms with Crippen LogP contribution in [0.4, 0.5) is 0 Å². The second kappa shape index (κ2) is 4.52. The fraction of sp³-hybridized carbons (Fsp3) is 0.200. The van der Waals surface area contributed by atoms with Gasteiger partial charge in [-0.25, -0.2) is 0 Å². The normalized spacial score (nSPS) is 11.9. The van der Waals surface area contributed by atoms with E-state index < -0.39 is 0 Å². The zero-order valence-corrected chi connectivity index (χ0v) is 8.69. The van der Waals surface area contributed by atoms with Crippen LogP contribution in [0.2, 0.25) is 0 Å². The van der Waals surface area contributed by atoms with E-state index in [9.17, 15) is 0 Å². The molecule has 0 spiro atoms. The van der Waals surface area contributed by atoms with Gasteiger partial charge in [-0.1, -0.05) is 5.16 Å². The lowest BCUT2D eigenvalue weighted by atomic mass is 10.4. The van der Waals surface area contributed by atoms with Crippen LogP contribution < -0.4 is 5.73 Å². The molecule has 6 heteroatoms. The first-order valence-corrected chi connectivity index (χ1v) is 4.91. The van der Waals surface area contributed by atoms with Crippen LogP contribution in [0.5, 0.6) is 0 Å². The lowest BCUT2D eigenvalue weighted by molar-refractivity contribution is 0.318. The zero-order valence-electron chi connectivity index (χ0n) is 8.69. The first-order valence-electron chi connectivity index (χ1n) is 4.91. The topological polar surface area (TPSA) is 81.4 Å². The Hall–Kier alpha value is -2.24. The molecule has 2 heterocycles. The first kappa shape index (κ1) is 10.3. The lowest BCUT2D eigenvalue weighted by Crippen LogP contribution is -2.19. The third-order valence-electron chi connectivity index (χ3n) is 2.33. The third-order valence-corrected chi connectivity index (χ3v) is 2.33. The molecular formula is C10H13N5O. The molecule has 2 aromatic heterocycles. The highest BCUT2D eigenvalue weighted by Crippen LogP contribution is 2.02. The van der Waals surface area contributed by atoms with Crippen molar-refractivity contribution >= 4 is 5.84 Å². The highest BCUT2D eigenvalue weighted by molar-refractivity contribution is 5.95. The van der Waals surface area contributed by atoms with E-state index in [1.165, 1.54) is 0 Å². The van der Waals surface area contributed by atoms with Gasteiger partial charge in [0.2, 0.25) is 0 Å². The SMILES string of the molecule is N/C(=N/O)c1cccn1CCn1cccn1. The number of amidine groups is 1. The molecule has 0 atom stereocenters. The van der Waals surface area contributed by atoms with Gasteiger partial charge in [-0.3, -0.25) is 4.68 Å². The van der Waals surface area contributed by atoms with Gasteiger partial charge in [-0.05, 0) is 18.2 Å². The highest BCUT2D eigenvalue weighted by Gasteiger charge is 2.05. The van der Waals surface area contributed by atoms with Crippen molar-refractivity contribution in [3.63, 3.8) is 0 Å². The van der Waals surface area contributed by atoms with Gasteiger partial charge >= 0.3 is 0 Å². The maximum atomic E-state index is 8.62. The van der Waals surface area contributed by atoms with E-state index in [2.05, 4.69) is 10.3 Å². The molecule has 2 aromatic rings. The van der Waals surface area contributed by atoms with Gasteiger partial charge in [0.25, 0.3) is 0 Å². The Bertz CT molecular complexity index is 471. The van der Waals surface area contributed by atoms with Crippen LogP contribution in [0.15, 0.2) is 41.9 Å². The molecule has 0 aliphatic rings. The molecule has 0 aliphatic carbocycles. The minimum absolute atomic E-state index is 0.116. The molecule has 0 unspecified atom stereocenters. The van der Waals surface area contributed by atoms with Gasteiger partial charge in [0.1, 0.15) is 0 Å². The van der Waals surface area contributed by atoms with Crippen molar-refractivity contribution in [2.75, 3.05) is 0 Å². The predicted molar refractivity (Wildman–Crippen MR) is 59.2 cm³/mol. The molecule has 0 aliphatic heterocycles. The van der Waals surface area contributed by atoms with Gasteiger partial charge in [0, 0.05) is 25.1 Å². The van der Waals surface area contributed by atoms with Crippen LogP contribution in [-0.4, -0.2) is 25.4 Å². The number of aryl methyl sites for hydroxylation is 2. The van der Waals surface area contributed by atoms with Crippen molar-refractivity contribution in [1.29, 1.82) is 0 Å². The standard InChI is InChI=1S/C10H13N5O/c11-10(13-16)9-3-1-5-14(9)7-8-15-6-2-4-12-15/h1-6,16H,7-8H2,(H2,11,13).